The molecule has 0 saturated heterocycles. The molecule has 0 unspecified atom stereocenters. The molecule has 0 bridgehead atoms. The molecule has 0 heteroatoms. The van der Waals surface area contributed by atoms with Crippen LogP contribution >= 0.6 is 0 Å². The maximum atomic E-state index is 2.41. The molecule has 0 radical (unpaired) electrons. The highest BCUT2D eigenvalue weighted by atomic mass is 14.4. The number of hydrogen-bond donors (Lipinski definition) is 0. The van der Waals surface area contributed by atoms with Crippen LogP contribution in [0.2, 0.25) is 0 Å². The smallest absolute Gasteiger partial charge is 0.0159 e. The van der Waals surface area contributed by atoms with E-state index in [0.717, 1.165) is 0 Å². The summed E-state index contributed by atoms with van der Waals surface area (Å²) in [5.74, 6) is 0. The van der Waals surface area contributed by atoms with Crippen LogP contribution in [0.25, 0.3) is 32.7 Å². The molecule has 0 heterocycles. The number of fused-ring (bicyclic) bond motifs is 5. The Kier molecular flexibility index (Phi) is 2.58. The minimum atomic E-state index is 0.0482. The fraction of sp³-hybridized carbons (Fsp3) is 0.167. The van der Waals surface area contributed by atoms with Crippen LogP contribution in [0.3, 0.4) is 0 Å². The van der Waals surface area contributed by atoms with Gasteiger partial charge in [-0.1, -0.05) is 61.9 Å². The SMILES string of the molecule is Cc1ccc2cc3c(cc2c1)C(C)(C)c1cc2ccccc2cc1-3. The van der Waals surface area contributed by atoms with Crippen LogP contribution in [0.1, 0.15) is 30.5 Å². The first-order chi connectivity index (χ1) is 11.5. The molecule has 0 spiro atoms. The fourth-order valence-corrected chi connectivity index (χ4v) is 4.28. The Balaban J connectivity index is 1.90. The van der Waals surface area contributed by atoms with Crippen LogP contribution in [0.4, 0.5) is 0 Å². The lowest BCUT2D eigenvalue weighted by Crippen LogP contribution is -2.14. The third-order valence-electron chi connectivity index (χ3n) is 5.65. The van der Waals surface area contributed by atoms with Gasteiger partial charge in [0.05, 0.1) is 0 Å². The predicted molar refractivity (Wildman–Crippen MR) is 104 cm³/mol. The van der Waals surface area contributed by atoms with Crippen LogP contribution in [-0.2, 0) is 5.41 Å². The molecule has 1 aliphatic carbocycles. The summed E-state index contributed by atoms with van der Waals surface area (Å²) in [6, 6.07) is 25.0. The van der Waals surface area contributed by atoms with Gasteiger partial charge in [0.1, 0.15) is 0 Å². The molecule has 0 saturated carbocycles. The Morgan fingerprint density at radius 1 is 0.583 bits per heavy atom. The molecule has 0 aliphatic heterocycles. The third-order valence-corrected chi connectivity index (χ3v) is 5.65. The lowest BCUT2D eigenvalue weighted by atomic mass is 9.81. The Morgan fingerprint density at radius 3 is 1.79 bits per heavy atom. The molecular formula is C24H20. The second-order valence-electron chi connectivity index (χ2n) is 7.62. The van der Waals surface area contributed by atoms with Gasteiger partial charge < -0.3 is 0 Å². The third kappa shape index (κ3) is 1.74. The lowest BCUT2D eigenvalue weighted by Gasteiger charge is -2.22. The van der Waals surface area contributed by atoms with E-state index in [2.05, 4.69) is 87.5 Å². The van der Waals surface area contributed by atoms with Crippen molar-refractivity contribution in [2.45, 2.75) is 26.2 Å². The number of rotatable bonds is 0. The van der Waals surface area contributed by atoms with Crippen molar-refractivity contribution in [3.63, 3.8) is 0 Å². The predicted octanol–water partition coefficient (Wildman–Crippen LogP) is 6.61. The van der Waals surface area contributed by atoms with E-state index in [9.17, 15) is 0 Å². The van der Waals surface area contributed by atoms with Crippen molar-refractivity contribution in [3.05, 3.63) is 83.4 Å². The standard InChI is InChI=1S/C24H20/c1-15-8-9-18-12-21-20-11-16-6-4-5-7-17(16)13-22(20)24(2,3)23(21)14-19(18)10-15/h4-14H,1-3H3. The lowest BCUT2D eigenvalue weighted by molar-refractivity contribution is 0.662. The van der Waals surface area contributed by atoms with Gasteiger partial charge in [0.2, 0.25) is 0 Å². The molecule has 24 heavy (non-hydrogen) atoms. The Labute approximate surface area is 142 Å². The summed E-state index contributed by atoms with van der Waals surface area (Å²) >= 11 is 0. The fourth-order valence-electron chi connectivity index (χ4n) is 4.28. The Morgan fingerprint density at radius 2 is 1.12 bits per heavy atom. The summed E-state index contributed by atoms with van der Waals surface area (Å²) in [4.78, 5) is 0. The molecule has 5 rings (SSSR count). The highest BCUT2D eigenvalue weighted by Gasteiger charge is 2.35. The quantitative estimate of drug-likeness (QED) is 0.343. The van der Waals surface area contributed by atoms with E-state index in [1.807, 2.05) is 0 Å². The van der Waals surface area contributed by atoms with Crippen LogP contribution in [0, 0.1) is 6.92 Å². The highest BCUT2D eigenvalue weighted by Crippen LogP contribution is 2.50. The van der Waals surface area contributed by atoms with Gasteiger partial charge in [-0.05, 0) is 75.0 Å². The van der Waals surface area contributed by atoms with Gasteiger partial charge in [-0.15, -0.1) is 0 Å². The highest BCUT2D eigenvalue weighted by molar-refractivity contribution is 5.98. The molecule has 0 nitrogen and oxygen atoms in total. The maximum Gasteiger partial charge on any atom is 0.0159 e. The minimum absolute atomic E-state index is 0.0482. The van der Waals surface area contributed by atoms with Crippen molar-refractivity contribution in [1.82, 2.24) is 0 Å². The molecule has 0 atom stereocenters. The largest absolute Gasteiger partial charge is 0.0616 e. The summed E-state index contributed by atoms with van der Waals surface area (Å²) in [5, 5.41) is 5.33. The van der Waals surface area contributed by atoms with E-state index in [0.29, 0.717) is 0 Å². The Hall–Kier alpha value is -2.60. The number of hydrogen-bond acceptors (Lipinski definition) is 0. The van der Waals surface area contributed by atoms with Crippen LogP contribution in [0.5, 0.6) is 0 Å². The van der Waals surface area contributed by atoms with Crippen molar-refractivity contribution in [2.24, 2.45) is 0 Å². The second-order valence-corrected chi connectivity index (χ2v) is 7.62. The molecule has 0 aromatic heterocycles. The molecule has 0 fully saturated rings. The molecular weight excluding hydrogens is 288 g/mol. The Bertz CT molecular complexity index is 1130. The van der Waals surface area contributed by atoms with Gasteiger partial charge in [-0.2, -0.15) is 0 Å². The van der Waals surface area contributed by atoms with Crippen LogP contribution in [-0.4, -0.2) is 0 Å². The van der Waals surface area contributed by atoms with Gasteiger partial charge in [0.25, 0.3) is 0 Å². The zero-order valence-corrected chi connectivity index (χ0v) is 14.4. The van der Waals surface area contributed by atoms with E-state index in [1.54, 1.807) is 0 Å². The van der Waals surface area contributed by atoms with E-state index in [4.69, 9.17) is 0 Å². The first-order valence-electron chi connectivity index (χ1n) is 8.62. The van der Waals surface area contributed by atoms with Gasteiger partial charge in [0, 0.05) is 5.41 Å². The number of benzene rings is 4. The maximum absolute atomic E-state index is 2.41. The van der Waals surface area contributed by atoms with Gasteiger partial charge in [0.15, 0.2) is 0 Å². The van der Waals surface area contributed by atoms with Gasteiger partial charge >= 0.3 is 0 Å². The molecule has 4 aromatic rings. The van der Waals surface area contributed by atoms with E-state index >= 15 is 0 Å². The average Bonchev–Trinajstić information content (AvgIpc) is 2.79. The van der Waals surface area contributed by atoms with Crippen molar-refractivity contribution in [3.8, 4) is 11.1 Å². The molecule has 4 aromatic carbocycles. The summed E-state index contributed by atoms with van der Waals surface area (Å²) in [6.07, 6.45) is 0. The normalized spacial score (nSPS) is 14.8. The van der Waals surface area contributed by atoms with E-state index in [1.165, 1.54) is 49.4 Å². The van der Waals surface area contributed by atoms with E-state index < -0.39 is 0 Å². The van der Waals surface area contributed by atoms with Crippen molar-refractivity contribution < 1.29 is 0 Å². The van der Waals surface area contributed by atoms with E-state index in [-0.39, 0.29) is 5.41 Å². The molecule has 116 valence electrons. The summed E-state index contributed by atoms with van der Waals surface area (Å²) in [5.41, 5.74) is 7.07. The summed E-state index contributed by atoms with van der Waals surface area (Å²) in [6.45, 7) is 6.88. The van der Waals surface area contributed by atoms with Gasteiger partial charge in [-0.25, -0.2) is 0 Å². The minimum Gasteiger partial charge on any atom is -0.0616 e. The molecule has 0 N–H and O–H groups in total. The first kappa shape index (κ1) is 13.8. The zero-order valence-electron chi connectivity index (χ0n) is 14.4. The van der Waals surface area contributed by atoms with Crippen LogP contribution in [0.15, 0.2) is 66.7 Å². The zero-order chi connectivity index (χ0) is 16.5. The summed E-state index contributed by atoms with van der Waals surface area (Å²) in [7, 11) is 0. The average molecular weight is 308 g/mol. The summed E-state index contributed by atoms with van der Waals surface area (Å²) < 4.78 is 0. The van der Waals surface area contributed by atoms with Gasteiger partial charge in [-0.3, -0.25) is 0 Å². The second kappa shape index (κ2) is 4.48. The van der Waals surface area contributed by atoms with Crippen molar-refractivity contribution in [2.75, 3.05) is 0 Å². The monoisotopic (exact) mass is 308 g/mol. The molecule has 0 amide bonds. The van der Waals surface area contributed by atoms with Crippen molar-refractivity contribution >= 4 is 21.5 Å². The topological polar surface area (TPSA) is 0 Å². The first-order valence-corrected chi connectivity index (χ1v) is 8.62. The molecule has 1 aliphatic rings. The van der Waals surface area contributed by atoms with Crippen molar-refractivity contribution in [1.29, 1.82) is 0 Å². The number of aryl methyl sites for hydroxylation is 1. The van der Waals surface area contributed by atoms with Crippen LogP contribution < -0.4 is 0 Å².